The minimum Gasteiger partial charge on any atom is -0.424 e. The molecule has 10 heteroatoms. The predicted molar refractivity (Wildman–Crippen MR) is 87.1 cm³/mol. The van der Waals surface area contributed by atoms with Gasteiger partial charge in [0.05, 0.1) is 6.54 Å². The minimum absolute atomic E-state index is 0.153. The zero-order valence-electron chi connectivity index (χ0n) is 13.3. The van der Waals surface area contributed by atoms with Crippen LogP contribution in [-0.2, 0) is 6.54 Å². The van der Waals surface area contributed by atoms with E-state index in [4.69, 9.17) is 4.42 Å². The highest BCUT2D eigenvalue weighted by atomic mass is 32.1. The number of aromatic nitrogens is 5. The Balaban J connectivity index is 1.63. The van der Waals surface area contributed by atoms with Crippen LogP contribution in [-0.4, -0.2) is 31.1 Å². The van der Waals surface area contributed by atoms with Crippen molar-refractivity contribution in [3.8, 4) is 0 Å². The van der Waals surface area contributed by atoms with E-state index in [2.05, 4.69) is 35.8 Å². The molecule has 0 unspecified atom stereocenters. The average molecular weight is 345 g/mol. The van der Waals surface area contributed by atoms with Crippen molar-refractivity contribution >= 4 is 28.3 Å². The summed E-state index contributed by atoms with van der Waals surface area (Å²) in [5.74, 6) is 0.928. The Labute approximate surface area is 141 Å². The lowest BCUT2D eigenvalue weighted by Gasteiger charge is -2.03. The maximum Gasteiger partial charge on any atom is 0.271 e. The molecular weight excluding hydrogens is 330 g/mol. The van der Waals surface area contributed by atoms with Gasteiger partial charge in [-0.15, -0.1) is 21.5 Å². The summed E-state index contributed by atoms with van der Waals surface area (Å²) >= 11 is 1.30. The fourth-order valence-corrected chi connectivity index (χ4v) is 2.65. The molecule has 3 heterocycles. The maximum absolute atomic E-state index is 12.1. The Morgan fingerprint density at radius 1 is 1.17 bits per heavy atom. The molecule has 0 aromatic carbocycles. The molecule has 0 aliphatic heterocycles. The van der Waals surface area contributed by atoms with Crippen molar-refractivity contribution in [1.82, 2.24) is 30.5 Å². The lowest BCUT2D eigenvalue weighted by molar-refractivity contribution is 0.0943. The largest absolute Gasteiger partial charge is 0.424 e. The number of carbonyl (C=O) groups is 1. The summed E-state index contributed by atoms with van der Waals surface area (Å²) in [6.45, 7) is 5.62. The number of carbonyl (C=O) groups excluding carboxylic acids is 1. The summed E-state index contributed by atoms with van der Waals surface area (Å²) in [7, 11) is 0. The molecule has 0 spiro atoms. The fraction of sp³-hybridized carbons (Fsp3) is 0.286. The summed E-state index contributed by atoms with van der Waals surface area (Å²) in [5.41, 5.74) is 2.01. The summed E-state index contributed by atoms with van der Waals surface area (Å²) in [6.07, 6.45) is 0. The Morgan fingerprint density at radius 3 is 2.58 bits per heavy atom. The Kier molecular flexibility index (Phi) is 4.47. The number of anilines is 2. The van der Waals surface area contributed by atoms with Gasteiger partial charge in [0, 0.05) is 23.7 Å². The van der Waals surface area contributed by atoms with Crippen LogP contribution in [0.2, 0.25) is 0 Å². The fourth-order valence-electron chi connectivity index (χ4n) is 1.97. The van der Waals surface area contributed by atoms with Crippen LogP contribution in [0.1, 0.15) is 33.7 Å². The molecule has 0 bridgehead atoms. The summed E-state index contributed by atoms with van der Waals surface area (Å²) in [5, 5.41) is 15.4. The number of nitrogens with zero attached hydrogens (tertiary/aromatic N) is 5. The van der Waals surface area contributed by atoms with E-state index in [1.165, 1.54) is 11.3 Å². The van der Waals surface area contributed by atoms with Gasteiger partial charge in [-0.2, -0.15) is 0 Å². The van der Waals surface area contributed by atoms with E-state index in [-0.39, 0.29) is 12.5 Å². The van der Waals surface area contributed by atoms with Gasteiger partial charge in [-0.05, 0) is 19.9 Å². The van der Waals surface area contributed by atoms with E-state index < -0.39 is 0 Å². The normalized spacial score (nSPS) is 10.6. The van der Waals surface area contributed by atoms with Crippen LogP contribution in [0.4, 0.5) is 11.1 Å². The van der Waals surface area contributed by atoms with E-state index >= 15 is 0 Å². The predicted octanol–water partition coefficient (Wildman–Crippen LogP) is 1.91. The molecule has 24 heavy (non-hydrogen) atoms. The highest BCUT2D eigenvalue weighted by Crippen LogP contribution is 2.19. The molecule has 1 amide bonds. The molecule has 0 saturated heterocycles. The number of thiazole rings is 1. The van der Waals surface area contributed by atoms with E-state index in [1.807, 2.05) is 19.9 Å². The quantitative estimate of drug-likeness (QED) is 0.720. The number of aryl methyl sites for hydroxylation is 3. The number of hydrogen-bond donors (Lipinski definition) is 2. The van der Waals surface area contributed by atoms with Crippen molar-refractivity contribution in [3.63, 3.8) is 0 Å². The van der Waals surface area contributed by atoms with Gasteiger partial charge in [0.25, 0.3) is 5.91 Å². The zero-order chi connectivity index (χ0) is 17.1. The Bertz CT molecular complexity index is 853. The zero-order valence-corrected chi connectivity index (χ0v) is 14.1. The van der Waals surface area contributed by atoms with Gasteiger partial charge < -0.3 is 15.1 Å². The van der Waals surface area contributed by atoms with Gasteiger partial charge in [0.1, 0.15) is 5.69 Å². The third-order valence-corrected chi connectivity index (χ3v) is 3.66. The molecule has 0 aliphatic carbocycles. The number of amides is 1. The van der Waals surface area contributed by atoms with Gasteiger partial charge in [0.15, 0.2) is 5.13 Å². The molecule has 0 saturated carbocycles. The number of hydrogen-bond acceptors (Lipinski definition) is 9. The van der Waals surface area contributed by atoms with Gasteiger partial charge in [-0.25, -0.2) is 15.0 Å². The molecule has 3 rings (SSSR count). The molecule has 0 atom stereocenters. The van der Waals surface area contributed by atoms with E-state index in [0.29, 0.717) is 28.6 Å². The topological polar surface area (TPSA) is 119 Å². The first-order valence-corrected chi connectivity index (χ1v) is 7.99. The SMILES string of the molecule is Cc1cc(C)nc(Nc2nc(C(=O)NCc3nnc(C)o3)cs2)n1. The van der Waals surface area contributed by atoms with Gasteiger partial charge in [-0.1, -0.05) is 0 Å². The lowest BCUT2D eigenvalue weighted by Crippen LogP contribution is -2.23. The first-order chi connectivity index (χ1) is 11.5. The molecule has 0 radical (unpaired) electrons. The standard InChI is InChI=1S/C14H15N7O2S/c1-7-4-8(2)17-13(16-7)19-14-18-10(6-24-14)12(22)15-5-11-21-20-9(3)23-11/h4,6H,5H2,1-3H3,(H,15,22)(H,16,17,18,19). The lowest BCUT2D eigenvalue weighted by atomic mass is 10.4. The molecule has 3 aromatic rings. The molecule has 3 aromatic heterocycles. The van der Waals surface area contributed by atoms with Crippen molar-refractivity contribution in [2.75, 3.05) is 5.32 Å². The minimum atomic E-state index is -0.323. The molecule has 0 fully saturated rings. The molecular formula is C14H15N7O2S. The number of rotatable bonds is 5. The van der Waals surface area contributed by atoms with Gasteiger partial charge in [-0.3, -0.25) is 4.79 Å². The summed E-state index contributed by atoms with van der Waals surface area (Å²) in [4.78, 5) is 24.9. The third-order valence-electron chi connectivity index (χ3n) is 2.91. The van der Waals surface area contributed by atoms with E-state index in [1.54, 1.807) is 12.3 Å². The van der Waals surface area contributed by atoms with E-state index in [9.17, 15) is 4.79 Å². The van der Waals surface area contributed by atoms with Gasteiger partial charge >= 0.3 is 0 Å². The van der Waals surface area contributed by atoms with Crippen LogP contribution in [0, 0.1) is 20.8 Å². The first-order valence-electron chi connectivity index (χ1n) is 7.11. The second-order valence-electron chi connectivity index (χ2n) is 5.03. The van der Waals surface area contributed by atoms with Crippen molar-refractivity contribution in [2.45, 2.75) is 27.3 Å². The second kappa shape index (κ2) is 6.71. The van der Waals surface area contributed by atoms with Crippen molar-refractivity contribution < 1.29 is 9.21 Å². The Morgan fingerprint density at radius 2 is 1.92 bits per heavy atom. The van der Waals surface area contributed by atoms with Crippen molar-refractivity contribution in [2.24, 2.45) is 0 Å². The summed E-state index contributed by atoms with van der Waals surface area (Å²) < 4.78 is 5.19. The highest BCUT2D eigenvalue weighted by Gasteiger charge is 2.13. The third kappa shape index (κ3) is 3.90. The van der Waals surface area contributed by atoms with Crippen molar-refractivity contribution in [1.29, 1.82) is 0 Å². The molecule has 124 valence electrons. The van der Waals surface area contributed by atoms with Crippen LogP contribution >= 0.6 is 11.3 Å². The molecule has 0 aliphatic rings. The van der Waals surface area contributed by atoms with Gasteiger partial charge in [0.2, 0.25) is 17.7 Å². The van der Waals surface area contributed by atoms with Crippen molar-refractivity contribution in [3.05, 3.63) is 40.3 Å². The molecule has 2 N–H and O–H groups in total. The highest BCUT2D eigenvalue weighted by molar-refractivity contribution is 7.14. The second-order valence-corrected chi connectivity index (χ2v) is 5.89. The van der Waals surface area contributed by atoms with Crippen LogP contribution in [0.25, 0.3) is 0 Å². The maximum atomic E-state index is 12.1. The smallest absolute Gasteiger partial charge is 0.271 e. The van der Waals surface area contributed by atoms with Crippen LogP contribution in [0.15, 0.2) is 15.9 Å². The monoisotopic (exact) mass is 345 g/mol. The molecule has 9 nitrogen and oxygen atoms in total. The average Bonchev–Trinajstić information content (AvgIpc) is 3.13. The van der Waals surface area contributed by atoms with Crippen LogP contribution < -0.4 is 10.6 Å². The first kappa shape index (κ1) is 16.0. The Hall–Kier alpha value is -2.88. The number of nitrogens with one attached hydrogen (secondary N) is 2. The van der Waals surface area contributed by atoms with E-state index in [0.717, 1.165) is 11.4 Å². The van der Waals surface area contributed by atoms with Crippen LogP contribution in [0.5, 0.6) is 0 Å². The van der Waals surface area contributed by atoms with Crippen LogP contribution in [0.3, 0.4) is 0 Å². The summed E-state index contributed by atoms with van der Waals surface area (Å²) in [6, 6.07) is 1.88.